The van der Waals surface area contributed by atoms with Crippen LogP contribution in [0.25, 0.3) is 0 Å². The number of phenols is 2. The topological polar surface area (TPSA) is 49.7 Å². The van der Waals surface area contributed by atoms with Gasteiger partial charge in [-0.3, -0.25) is 0 Å². The molecule has 0 unspecified atom stereocenters. The highest BCUT2D eigenvalue weighted by atomic mass is 19.4. The van der Waals surface area contributed by atoms with E-state index in [1.165, 1.54) is 13.8 Å². The van der Waals surface area contributed by atoms with Crippen LogP contribution in [0, 0.1) is 27.7 Å². The van der Waals surface area contributed by atoms with Crippen LogP contribution in [0.15, 0.2) is 12.1 Å². The van der Waals surface area contributed by atoms with Gasteiger partial charge in [0.25, 0.3) is 0 Å². The van der Waals surface area contributed by atoms with Crippen molar-refractivity contribution in [1.29, 1.82) is 0 Å². The lowest BCUT2D eigenvalue weighted by atomic mass is 9.99. The van der Waals surface area contributed by atoms with Crippen LogP contribution >= 0.6 is 0 Å². The average molecular weight is 394 g/mol. The molecule has 0 heterocycles. The molecule has 0 aliphatic heterocycles. The zero-order chi connectivity index (χ0) is 20.9. The number of hydrogen-bond acceptors (Lipinski definition) is 3. The molecule has 0 aliphatic carbocycles. The molecule has 0 amide bonds. The summed E-state index contributed by atoms with van der Waals surface area (Å²) in [5, 5.41) is 19.6. The van der Waals surface area contributed by atoms with E-state index in [0.717, 1.165) is 13.8 Å². The van der Waals surface area contributed by atoms with Crippen molar-refractivity contribution in [2.24, 2.45) is 0 Å². The van der Waals surface area contributed by atoms with E-state index in [4.69, 9.17) is 4.74 Å². The normalized spacial score (nSPS) is 12.4. The maximum absolute atomic E-state index is 13.4. The molecule has 0 bridgehead atoms. The SMILES string of the molecule is Cc1c(O)cc(Oc2cc(O)c(C)c(C)c2C(F)(F)F)c(C(F)(F)F)c1C. The number of halogens is 6. The summed E-state index contributed by atoms with van der Waals surface area (Å²) in [6.45, 7) is 4.64. The van der Waals surface area contributed by atoms with Crippen molar-refractivity contribution in [2.75, 3.05) is 0 Å². The smallest absolute Gasteiger partial charge is 0.420 e. The fourth-order valence-corrected chi connectivity index (χ4v) is 2.72. The van der Waals surface area contributed by atoms with Crippen LogP contribution in [0.4, 0.5) is 26.3 Å². The molecular formula is C18H16F6O3. The molecule has 2 rings (SSSR count). The Morgan fingerprint density at radius 3 is 1.19 bits per heavy atom. The van der Waals surface area contributed by atoms with Gasteiger partial charge in [0.15, 0.2) is 0 Å². The molecule has 3 nitrogen and oxygen atoms in total. The van der Waals surface area contributed by atoms with Gasteiger partial charge >= 0.3 is 12.4 Å². The van der Waals surface area contributed by atoms with E-state index in [9.17, 15) is 36.6 Å². The summed E-state index contributed by atoms with van der Waals surface area (Å²) in [5.74, 6) is -3.10. The zero-order valence-electron chi connectivity index (χ0n) is 14.7. The zero-order valence-corrected chi connectivity index (χ0v) is 14.7. The Balaban J connectivity index is 2.79. The van der Waals surface area contributed by atoms with E-state index in [1.54, 1.807) is 0 Å². The molecule has 0 atom stereocenters. The number of aromatic hydroxyl groups is 2. The van der Waals surface area contributed by atoms with E-state index in [0.29, 0.717) is 12.1 Å². The lowest BCUT2D eigenvalue weighted by Crippen LogP contribution is -2.14. The number of hydrogen-bond donors (Lipinski definition) is 2. The molecule has 2 aromatic rings. The highest BCUT2D eigenvalue weighted by Gasteiger charge is 2.41. The van der Waals surface area contributed by atoms with Gasteiger partial charge in [-0.25, -0.2) is 0 Å². The Hall–Kier alpha value is -2.58. The first-order chi connectivity index (χ1) is 12.2. The maximum atomic E-state index is 13.4. The third kappa shape index (κ3) is 3.77. The van der Waals surface area contributed by atoms with Crippen LogP contribution in [-0.4, -0.2) is 10.2 Å². The monoisotopic (exact) mass is 394 g/mol. The largest absolute Gasteiger partial charge is 0.508 e. The first-order valence-corrected chi connectivity index (χ1v) is 7.64. The second-order valence-electron chi connectivity index (χ2n) is 6.14. The fourth-order valence-electron chi connectivity index (χ4n) is 2.72. The van der Waals surface area contributed by atoms with Gasteiger partial charge in [-0.15, -0.1) is 0 Å². The molecule has 2 N–H and O–H groups in total. The summed E-state index contributed by atoms with van der Waals surface area (Å²) < 4.78 is 85.7. The van der Waals surface area contributed by atoms with E-state index in [-0.39, 0.29) is 22.3 Å². The summed E-state index contributed by atoms with van der Waals surface area (Å²) in [6, 6.07) is 1.22. The van der Waals surface area contributed by atoms with Crippen molar-refractivity contribution < 1.29 is 41.3 Å². The van der Waals surface area contributed by atoms with Crippen molar-refractivity contribution in [3.63, 3.8) is 0 Å². The molecule has 148 valence electrons. The molecule has 0 aromatic heterocycles. The standard InChI is InChI=1S/C18H16F6O3/c1-7-9(3)15(17(19,20)21)13(5-11(7)25)27-14-6-12(26)8(2)10(4)16(14)18(22,23)24/h5-6,25-26H,1-4H3. The molecule has 0 radical (unpaired) electrons. The van der Waals surface area contributed by atoms with Crippen LogP contribution in [0.1, 0.15) is 33.4 Å². The summed E-state index contributed by atoms with van der Waals surface area (Å²) in [6.07, 6.45) is -9.86. The van der Waals surface area contributed by atoms with Crippen LogP contribution in [0.3, 0.4) is 0 Å². The molecule has 2 aromatic carbocycles. The number of phenolic OH excluding ortho intramolecular Hbond substituents is 2. The third-order valence-corrected chi connectivity index (χ3v) is 4.46. The minimum atomic E-state index is -4.93. The van der Waals surface area contributed by atoms with Crippen LogP contribution in [0.2, 0.25) is 0 Å². The van der Waals surface area contributed by atoms with E-state index in [2.05, 4.69) is 0 Å². The first-order valence-electron chi connectivity index (χ1n) is 7.64. The van der Waals surface area contributed by atoms with Crippen molar-refractivity contribution in [1.82, 2.24) is 0 Å². The first kappa shape index (κ1) is 20.7. The van der Waals surface area contributed by atoms with Crippen molar-refractivity contribution in [3.05, 3.63) is 45.5 Å². The Bertz CT molecular complexity index is 824. The van der Waals surface area contributed by atoms with Crippen molar-refractivity contribution in [2.45, 2.75) is 40.0 Å². The van der Waals surface area contributed by atoms with Gasteiger partial charge in [-0.05, 0) is 49.9 Å². The maximum Gasteiger partial charge on any atom is 0.420 e. The van der Waals surface area contributed by atoms with E-state index >= 15 is 0 Å². The van der Waals surface area contributed by atoms with Gasteiger partial charge in [0.2, 0.25) is 0 Å². The van der Waals surface area contributed by atoms with Gasteiger partial charge in [-0.1, -0.05) is 0 Å². The summed E-state index contributed by atoms with van der Waals surface area (Å²) >= 11 is 0. The molecule has 0 saturated carbocycles. The third-order valence-electron chi connectivity index (χ3n) is 4.46. The highest BCUT2D eigenvalue weighted by molar-refractivity contribution is 5.57. The molecule has 0 spiro atoms. The molecule has 9 heteroatoms. The second kappa shape index (κ2) is 6.54. The summed E-state index contributed by atoms with van der Waals surface area (Å²) in [4.78, 5) is 0. The van der Waals surface area contributed by atoms with Gasteiger partial charge in [0.05, 0.1) is 0 Å². The number of ether oxygens (including phenoxy) is 1. The van der Waals surface area contributed by atoms with Gasteiger partial charge < -0.3 is 14.9 Å². The van der Waals surface area contributed by atoms with Crippen LogP contribution in [-0.2, 0) is 12.4 Å². The molecule has 27 heavy (non-hydrogen) atoms. The predicted molar refractivity (Wildman–Crippen MR) is 85.2 cm³/mol. The summed E-state index contributed by atoms with van der Waals surface area (Å²) in [5.41, 5.74) is -3.51. The van der Waals surface area contributed by atoms with Crippen molar-refractivity contribution in [3.8, 4) is 23.0 Å². The Morgan fingerprint density at radius 2 is 0.926 bits per heavy atom. The molecular weight excluding hydrogens is 378 g/mol. The van der Waals surface area contributed by atoms with Crippen LogP contribution < -0.4 is 4.74 Å². The Kier molecular flexibility index (Phi) is 5.02. The lowest BCUT2D eigenvalue weighted by molar-refractivity contribution is -0.140. The average Bonchev–Trinajstić information content (AvgIpc) is 2.47. The fraction of sp³-hybridized carbons (Fsp3) is 0.333. The predicted octanol–water partition coefficient (Wildman–Crippen LogP) is 6.16. The Labute approximate surface area is 150 Å². The quantitative estimate of drug-likeness (QED) is 0.600. The molecule has 0 fully saturated rings. The highest BCUT2D eigenvalue weighted by Crippen LogP contribution is 2.48. The van der Waals surface area contributed by atoms with Gasteiger partial charge in [0, 0.05) is 12.1 Å². The molecule has 0 saturated heterocycles. The van der Waals surface area contributed by atoms with Crippen molar-refractivity contribution >= 4 is 0 Å². The van der Waals surface area contributed by atoms with Crippen LogP contribution in [0.5, 0.6) is 23.0 Å². The van der Waals surface area contributed by atoms with Gasteiger partial charge in [0.1, 0.15) is 34.1 Å². The van der Waals surface area contributed by atoms with E-state index < -0.39 is 46.5 Å². The minimum absolute atomic E-state index is 0.0753. The summed E-state index contributed by atoms with van der Waals surface area (Å²) in [7, 11) is 0. The number of alkyl halides is 6. The van der Waals surface area contributed by atoms with E-state index in [1.807, 2.05) is 0 Å². The molecule has 0 aliphatic rings. The lowest BCUT2D eigenvalue weighted by Gasteiger charge is -2.22. The minimum Gasteiger partial charge on any atom is -0.508 e. The number of rotatable bonds is 2. The second-order valence-corrected chi connectivity index (χ2v) is 6.14. The van der Waals surface area contributed by atoms with Gasteiger partial charge in [-0.2, -0.15) is 26.3 Å². The Morgan fingerprint density at radius 1 is 0.630 bits per heavy atom. The number of benzene rings is 2.